The predicted octanol–water partition coefficient (Wildman–Crippen LogP) is 2.90. The fraction of sp³-hybridized carbons (Fsp3) is 0.391. The van der Waals surface area contributed by atoms with Crippen LogP contribution in [0, 0.1) is 0 Å². The number of hydrogen-bond donors (Lipinski definition) is 1. The molecule has 8 heteroatoms. The Morgan fingerprint density at radius 1 is 1.00 bits per heavy atom. The lowest BCUT2D eigenvalue weighted by Crippen LogP contribution is -2.36. The van der Waals surface area contributed by atoms with Crippen LogP contribution in [0.2, 0.25) is 0 Å². The molecule has 0 atom stereocenters. The second-order valence-electron chi connectivity index (χ2n) is 7.06. The van der Waals surface area contributed by atoms with Crippen LogP contribution in [0.5, 0.6) is 11.5 Å². The zero-order valence-electron chi connectivity index (χ0n) is 18.1. The Labute approximate surface area is 182 Å². The van der Waals surface area contributed by atoms with Gasteiger partial charge >= 0.3 is 5.97 Å². The van der Waals surface area contributed by atoms with Crippen LogP contribution in [-0.4, -0.2) is 59.5 Å². The molecular weight excluding hydrogens is 400 g/mol. The first kappa shape index (κ1) is 22.4. The fourth-order valence-corrected chi connectivity index (χ4v) is 3.45. The maximum atomic E-state index is 12.6. The summed E-state index contributed by atoms with van der Waals surface area (Å²) in [6.07, 6.45) is 0.771. The molecule has 0 unspecified atom stereocenters. The second kappa shape index (κ2) is 10.7. The maximum Gasteiger partial charge on any atom is 0.340 e. The molecule has 8 nitrogen and oxygen atoms in total. The second-order valence-corrected chi connectivity index (χ2v) is 7.06. The summed E-state index contributed by atoms with van der Waals surface area (Å²) in [4.78, 5) is 27.0. The van der Waals surface area contributed by atoms with Crippen molar-refractivity contribution in [2.24, 2.45) is 0 Å². The number of carbonyl (C=O) groups is 2. The molecule has 1 aliphatic rings. The molecular formula is C23H28N2O6. The number of morpholine rings is 1. The van der Waals surface area contributed by atoms with Gasteiger partial charge < -0.3 is 29.2 Å². The van der Waals surface area contributed by atoms with Crippen molar-refractivity contribution in [1.82, 2.24) is 0 Å². The van der Waals surface area contributed by atoms with E-state index in [-0.39, 0.29) is 12.3 Å². The summed E-state index contributed by atoms with van der Waals surface area (Å²) in [6.45, 7) is 2.78. The number of esters is 1. The highest BCUT2D eigenvalue weighted by molar-refractivity contribution is 6.02. The van der Waals surface area contributed by atoms with E-state index in [4.69, 9.17) is 18.9 Å². The summed E-state index contributed by atoms with van der Waals surface area (Å²) in [6, 6.07) is 10.9. The van der Waals surface area contributed by atoms with Gasteiger partial charge in [0.05, 0.1) is 45.8 Å². The van der Waals surface area contributed by atoms with Gasteiger partial charge in [0.1, 0.15) is 0 Å². The SMILES string of the molecule is COC(=O)c1cc(N2CCOCC2)ccc1NC(=O)CCc1ccc(OC)c(OC)c1. The van der Waals surface area contributed by atoms with Crippen LogP contribution in [0.15, 0.2) is 36.4 Å². The minimum atomic E-state index is -0.495. The fourth-order valence-electron chi connectivity index (χ4n) is 3.45. The normalized spacial score (nSPS) is 13.5. The number of rotatable bonds is 8. The number of anilines is 2. The number of hydrogen-bond acceptors (Lipinski definition) is 7. The number of aryl methyl sites for hydroxylation is 1. The largest absolute Gasteiger partial charge is 0.493 e. The van der Waals surface area contributed by atoms with Crippen LogP contribution in [-0.2, 0) is 20.7 Å². The Kier molecular flexibility index (Phi) is 7.72. The number of nitrogens with one attached hydrogen (secondary N) is 1. The van der Waals surface area contributed by atoms with E-state index >= 15 is 0 Å². The maximum absolute atomic E-state index is 12.6. The lowest BCUT2D eigenvalue weighted by Gasteiger charge is -2.29. The molecule has 2 aromatic rings. The van der Waals surface area contributed by atoms with Crippen LogP contribution >= 0.6 is 0 Å². The van der Waals surface area contributed by atoms with Crippen molar-refractivity contribution < 1.29 is 28.5 Å². The third kappa shape index (κ3) is 5.67. The monoisotopic (exact) mass is 428 g/mol. The number of nitrogens with zero attached hydrogens (tertiary/aromatic N) is 1. The highest BCUT2D eigenvalue weighted by Crippen LogP contribution is 2.28. The van der Waals surface area contributed by atoms with E-state index in [2.05, 4.69) is 10.2 Å². The molecule has 0 bridgehead atoms. The third-order valence-corrected chi connectivity index (χ3v) is 5.15. The lowest BCUT2D eigenvalue weighted by atomic mass is 10.1. The summed E-state index contributed by atoms with van der Waals surface area (Å²) >= 11 is 0. The first-order chi connectivity index (χ1) is 15.0. The van der Waals surface area contributed by atoms with Gasteiger partial charge in [-0.1, -0.05) is 6.07 Å². The van der Waals surface area contributed by atoms with Crippen LogP contribution in [0.1, 0.15) is 22.3 Å². The molecule has 1 fully saturated rings. The van der Waals surface area contributed by atoms with Gasteiger partial charge in [-0.2, -0.15) is 0 Å². The molecule has 0 aliphatic carbocycles. The molecule has 1 saturated heterocycles. The molecule has 3 rings (SSSR count). The molecule has 0 radical (unpaired) electrons. The molecule has 166 valence electrons. The van der Waals surface area contributed by atoms with Crippen molar-refractivity contribution in [3.8, 4) is 11.5 Å². The summed E-state index contributed by atoms with van der Waals surface area (Å²) in [7, 11) is 4.48. The number of methoxy groups -OCH3 is 3. The van der Waals surface area contributed by atoms with Crippen molar-refractivity contribution in [1.29, 1.82) is 0 Å². The van der Waals surface area contributed by atoms with E-state index in [1.54, 1.807) is 26.4 Å². The Morgan fingerprint density at radius 3 is 2.42 bits per heavy atom. The molecule has 1 heterocycles. The van der Waals surface area contributed by atoms with Crippen molar-refractivity contribution in [2.45, 2.75) is 12.8 Å². The number of benzene rings is 2. The third-order valence-electron chi connectivity index (χ3n) is 5.15. The van der Waals surface area contributed by atoms with Crippen LogP contribution < -0.4 is 19.7 Å². The average Bonchev–Trinajstić information content (AvgIpc) is 2.82. The smallest absolute Gasteiger partial charge is 0.340 e. The topological polar surface area (TPSA) is 86.3 Å². The van der Waals surface area contributed by atoms with E-state index < -0.39 is 5.97 Å². The minimum absolute atomic E-state index is 0.195. The van der Waals surface area contributed by atoms with E-state index in [1.165, 1.54) is 7.11 Å². The van der Waals surface area contributed by atoms with Gasteiger partial charge in [0.25, 0.3) is 0 Å². The minimum Gasteiger partial charge on any atom is -0.493 e. The summed E-state index contributed by atoms with van der Waals surface area (Å²) < 4.78 is 20.8. The molecule has 1 N–H and O–H groups in total. The Balaban J connectivity index is 1.69. The van der Waals surface area contributed by atoms with E-state index in [1.807, 2.05) is 24.3 Å². The molecule has 0 spiro atoms. The van der Waals surface area contributed by atoms with E-state index in [0.29, 0.717) is 42.4 Å². The van der Waals surface area contributed by atoms with Gasteiger partial charge in [0, 0.05) is 25.2 Å². The summed E-state index contributed by atoms with van der Waals surface area (Å²) in [5, 5.41) is 2.84. The van der Waals surface area contributed by atoms with Gasteiger partial charge in [-0.3, -0.25) is 4.79 Å². The predicted molar refractivity (Wildman–Crippen MR) is 117 cm³/mol. The van der Waals surface area contributed by atoms with Crippen LogP contribution in [0.3, 0.4) is 0 Å². The van der Waals surface area contributed by atoms with Crippen molar-refractivity contribution >= 4 is 23.3 Å². The Hall–Kier alpha value is -3.26. The molecule has 0 saturated carbocycles. The van der Waals surface area contributed by atoms with Gasteiger partial charge in [0.2, 0.25) is 5.91 Å². The van der Waals surface area contributed by atoms with Crippen molar-refractivity contribution in [2.75, 3.05) is 57.8 Å². The molecule has 1 aliphatic heterocycles. The standard InChI is InChI=1S/C23H28N2O6/c1-28-20-8-4-16(14-21(20)29-2)5-9-22(26)24-19-7-6-17(15-18(19)23(27)30-3)25-10-12-31-13-11-25/h4,6-8,14-15H,5,9-13H2,1-3H3,(H,24,26). The van der Waals surface area contributed by atoms with E-state index in [9.17, 15) is 9.59 Å². The quantitative estimate of drug-likeness (QED) is 0.647. The first-order valence-corrected chi connectivity index (χ1v) is 10.1. The molecule has 2 aromatic carbocycles. The summed E-state index contributed by atoms with van der Waals surface area (Å²) in [5.41, 5.74) is 2.60. The van der Waals surface area contributed by atoms with Gasteiger partial charge in [-0.05, 0) is 42.3 Å². The van der Waals surface area contributed by atoms with Gasteiger partial charge in [-0.15, -0.1) is 0 Å². The lowest BCUT2D eigenvalue weighted by molar-refractivity contribution is -0.116. The number of carbonyl (C=O) groups excluding carboxylic acids is 2. The van der Waals surface area contributed by atoms with Crippen molar-refractivity contribution in [3.05, 3.63) is 47.5 Å². The molecule has 0 aromatic heterocycles. The molecule has 1 amide bonds. The van der Waals surface area contributed by atoms with Crippen LogP contribution in [0.4, 0.5) is 11.4 Å². The van der Waals surface area contributed by atoms with Crippen molar-refractivity contribution in [3.63, 3.8) is 0 Å². The Morgan fingerprint density at radius 2 is 1.74 bits per heavy atom. The Bertz CT molecular complexity index is 924. The van der Waals surface area contributed by atoms with E-state index in [0.717, 1.165) is 24.3 Å². The summed E-state index contributed by atoms with van der Waals surface area (Å²) in [5.74, 6) is 0.565. The van der Waals surface area contributed by atoms with Gasteiger partial charge in [-0.25, -0.2) is 4.79 Å². The average molecular weight is 428 g/mol. The number of amides is 1. The first-order valence-electron chi connectivity index (χ1n) is 10.1. The zero-order chi connectivity index (χ0) is 22.2. The zero-order valence-corrected chi connectivity index (χ0v) is 18.1. The molecule has 31 heavy (non-hydrogen) atoms. The highest BCUT2D eigenvalue weighted by Gasteiger charge is 2.18. The van der Waals surface area contributed by atoms with Gasteiger partial charge in [0.15, 0.2) is 11.5 Å². The number of ether oxygens (including phenoxy) is 4. The van der Waals surface area contributed by atoms with Crippen LogP contribution in [0.25, 0.3) is 0 Å². The highest BCUT2D eigenvalue weighted by atomic mass is 16.5.